The Bertz CT molecular complexity index is 541. The molecule has 0 radical (unpaired) electrons. The summed E-state index contributed by atoms with van der Waals surface area (Å²) in [5.41, 5.74) is 2.14. The fourth-order valence-electron chi connectivity index (χ4n) is 3.11. The maximum Gasteiger partial charge on any atom is 0.203 e. The van der Waals surface area contributed by atoms with Gasteiger partial charge in [0.1, 0.15) is 0 Å². The van der Waals surface area contributed by atoms with Gasteiger partial charge in [0.15, 0.2) is 0 Å². The number of aromatic nitrogens is 2. The van der Waals surface area contributed by atoms with Gasteiger partial charge in [0.25, 0.3) is 0 Å². The van der Waals surface area contributed by atoms with Gasteiger partial charge in [-0.1, -0.05) is 12.1 Å². The third-order valence-electron chi connectivity index (χ3n) is 4.43. The summed E-state index contributed by atoms with van der Waals surface area (Å²) >= 11 is 0. The van der Waals surface area contributed by atoms with Crippen molar-refractivity contribution in [1.82, 2.24) is 14.9 Å². The van der Waals surface area contributed by atoms with Crippen molar-refractivity contribution in [3.05, 3.63) is 24.3 Å². The highest BCUT2D eigenvalue weighted by Gasteiger charge is 2.23. The number of H-pyrrole nitrogens is 1. The normalized spacial score (nSPS) is 17.0. The van der Waals surface area contributed by atoms with Gasteiger partial charge in [-0.25, -0.2) is 4.98 Å². The molecule has 1 aliphatic heterocycles. The summed E-state index contributed by atoms with van der Waals surface area (Å²) in [6.07, 6.45) is 3.16. The molecule has 0 atom stereocenters. The van der Waals surface area contributed by atoms with E-state index in [1.54, 1.807) is 0 Å². The standard InChI is InChI=1S/C16H24N4O/c1-19(9-4-12-21)13-7-10-20(11-8-13)16-17-14-5-2-3-6-15(14)18-16/h2-3,5-6,13,21H,4,7-12H2,1H3,(H,17,18). The van der Waals surface area contributed by atoms with Crippen LogP contribution in [0.15, 0.2) is 24.3 Å². The number of piperidine rings is 1. The van der Waals surface area contributed by atoms with Crippen LogP contribution in [0.4, 0.5) is 5.95 Å². The van der Waals surface area contributed by atoms with Crippen molar-refractivity contribution < 1.29 is 5.11 Å². The van der Waals surface area contributed by atoms with Crippen LogP contribution in [0.5, 0.6) is 0 Å². The largest absolute Gasteiger partial charge is 0.396 e. The molecule has 0 aliphatic carbocycles. The van der Waals surface area contributed by atoms with Crippen molar-refractivity contribution in [2.24, 2.45) is 0 Å². The molecule has 3 rings (SSSR count). The first-order valence-corrected chi connectivity index (χ1v) is 7.78. The Morgan fingerprint density at radius 1 is 1.33 bits per heavy atom. The molecule has 1 aromatic heterocycles. The lowest BCUT2D eigenvalue weighted by molar-refractivity contribution is 0.184. The molecule has 1 saturated heterocycles. The monoisotopic (exact) mass is 288 g/mol. The Morgan fingerprint density at radius 2 is 2.10 bits per heavy atom. The first-order chi connectivity index (χ1) is 10.3. The van der Waals surface area contributed by atoms with Gasteiger partial charge in [-0.3, -0.25) is 0 Å². The van der Waals surface area contributed by atoms with Crippen LogP contribution in [0.25, 0.3) is 11.0 Å². The van der Waals surface area contributed by atoms with E-state index in [9.17, 15) is 0 Å². The smallest absolute Gasteiger partial charge is 0.203 e. The van der Waals surface area contributed by atoms with Gasteiger partial charge in [-0.15, -0.1) is 0 Å². The second kappa shape index (κ2) is 6.45. The van der Waals surface area contributed by atoms with E-state index in [0.29, 0.717) is 6.04 Å². The topological polar surface area (TPSA) is 55.4 Å². The molecule has 2 heterocycles. The van der Waals surface area contributed by atoms with Gasteiger partial charge in [0.05, 0.1) is 11.0 Å². The zero-order chi connectivity index (χ0) is 14.7. The molecule has 1 aromatic carbocycles. The maximum absolute atomic E-state index is 8.93. The van der Waals surface area contributed by atoms with E-state index in [2.05, 4.69) is 32.9 Å². The highest BCUT2D eigenvalue weighted by Crippen LogP contribution is 2.22. The SMILES string of the molecule is CN(CCCO)C1CCN(c2nc3ccccc3[nH]2)CC1. The zero-order valence-electron chi connectivity index (χ0n) is 12.6. The third-order valence-corrected chi connectivity index (χ3v) is 4.43. The lowest BCUT2D eigenvalue weighted by Crippen LogP contribution is -2.44. The molecular formula is C16H24N4O. The van der Waals surface area contributed by atoms with Crippen molar-refractivity contribution >= 4 is 17.0 Å². The Morgan fingerprint density at radius 3 is 2.81 bits per heavy atom. The second-order valence-electron chi connectivity index (χ2n) is 5.85. The van der Waals surface area contributed by atoms with Crippen molar-refractivity contribution in [2.45, 2.75) is 25.3 Å². The number of benzene rings is 1. The number of imidazole rings is 1. The van der Waals surface area contributed by atoms with Crippen molar-refractivity contribution in [3.63, 3.8) is 0 Å². The van der Waals surface area contributed by atoms with E-state index in [0.717, 1.165) is 55.9 Å². The molecule has 1 fully saturated rings. The van der Waals surface area contributed by atoms with Gasteiger partial charge in [0, 0.05) is 32.3 Å². The van der Waals surface area contributed by atoms with E-state index in [1.165, 1.54) is 0 Å². The summed E-state index contributed by atoms with van der Waals surface area (Å²) in [7, 11) is 2.16. The number of aliphatic hydroxyl groups excluding tert-OH is 1. The summed E-state index contributed by atoms with van der Waals surface area (Å²) in [5.74, 6) is 0.993. The Labute approximate surface area is 125 Å². The minimum Gasteiger partial charge on any atom is -0.396 e. The van der Waals surface area contributed by atoms with Crippen LogP contribution < -0.4 is 4.90 Å². The molecule has 0 saturated carbocycles. The molecule has 21 heavy (non-hydrogen) atoms. The summed E-state index contributed by atoms with van der Waals surface area (Å²) in [5, 5.41) is 8.93. The first kappa shape index (κ1) is 14.4. The molecule has 2 N–H and O–H groups in total. The van der Waals surface area contributed by atoms with Gasteiger partial charge in [0.2, 0.25) is 5.95 Å². The lowest BCUT2D eigenvalue weighted by Gasteiger charge is -2.36. The van der Waals surface area contributed by atoms with Gasteiger partial charge in [-0.2, -0.15) is 0 Å². The van der Waals surface area contributed by atoms with Gasteiger partial charge < -0.3 is 19.9 Å². The van der Waals surface area contributed by atoms with E-state index >= 15 is 0 Å². The van der Waals surface area contributed by atoms with E-state index in [1.807, 2.05) is 18.2 Å². The Balaban J connectivity index is 1.60. The number of fused-ring (bicyclic) bond motifs is 1. The summed E-state index contributed by atoms with van der Waals surface area (Å²) in [6.45, 7) is 3.33. The number of hydrogen-bond donors (Lipinski definition) is 2. The summed E-state index contributed by atoms with van der Waals surface area (Å²) in [4.78, 5) is 12.8. The number of aliphatic hydroxyl groups is 1. The number of nitrogens with one attached hydrogen (secondary N) is 1. The van der Waals surface area contributed by atoms with Crippen molar-refractivity contribution in [1.29, 1.82) is 0 Å². The van der Waals surface area contributed by atoms with Crippen LogP contribution in [-0.2, 0) is 0 Å². The Hall–Kier alpha value is -1.59. The zero-order valence-corrected chi connectivity index (χ0v) is 12.6. The molecule has 114 valence electrons. The van der Waals surface area contributed by atoms with E-state index in [-0.39, 0.29) is 6.61 Å². The maximum atomic E-state index is 8.93. The molecule has 0 spiro atoms. The number of para-hydroxylation sites is 2. The van der Waals surface area contributed by atoms with Crippen LogP contribution in [0.3, 0.4) is 0 Å². The number of nitrogens with zero attached hydrogens (tertiary/aromatic N) is 3. The van der Waals surface area contributed by atoms with E-state index in [4.69, 9.17) is 5.11 Å². The number of rotatable bonds is 5. The quantitative estimate of drug-likeness (QED) is 0.881. The molecule has 2 aromatic rings. The molecule has 5 heteroatoms. The molecular weight excluding hydrogens is 264 g/mol. The van der Waals surface area contributed by atoms with E-state index < -0.39 is 0 Å². The van der Waals surface area contributed by atoms with Crippen molar-refractivity contribution in [3.8, 4) is 0 Å². The highest BCUT2D eigenvalue weighted by atomic mass is 16.3. The predicted molar refractivity (Wildman–Crippen MR) is 85.7 cm³/mol. The summed E-state index contributed by atoms with van der Waals surface area (Å²) < 4.78 is 0. The fourth-order valence-corrected chi connectivity index (χ4v) is 3.11. The van der Waals surface area contributed by atoms with Crippen LogP contribution in [0.1, 0.15) is 19.3 Å². The number of hydrogen-bond acceptors (Lipinski definition) is 4. The molecule has 0 unspecified atom stereocenters. The lowest BCUT2D eigenvalue weighted by atomic mass is 10.0. The number of anilines is 1. The molecule has 0 amide bonds. The minimum atomic E-state index is 0.280. The average Bonchev–Trinajstić information content (AvgIpc) is 2.96. The first-order valence-electron chi connectivity index (χ1n) is 7.78. The summed E-state index contributed by atoms with van der Waals surface area (Å²) in [6, 6.07) is 8.80. The highest BCUT2D eigenvalue weighted by molar-refractivity contribution is 5.77. The van der Waals surface area contributed by atoms with Crippen LogP contribution in [0.2, 0.25) is 0 Å². The van der Waals surface area contributed by atoms with Gasteiger partial charge >= 0.3 is 0 Å². The molecule has 0 bridgehead atoms. The molecule has 5 nitrogen and oxygen atoms in total. The predicted octanol–water partition coefficient (Wildman–Crippen LogP) is 1.85. The number of aromatic amines is 1. The van der Waals surface area contributed by atoms with Crippen LogP contribution in [-0.4, -0.2) is 59.3 Å². The third kappa shape index (κ3) is 3.19. The fraction of sp³-hybridized carbons (Fsp3) is 0.562. The van der Waals surface area contributed by atoms with Gasteiger partial charge in [-0.05, 0) is 38.4 Å². The van der Waals surface area contributed by atoms with Crippen LogP contribution >= 0.6 is 0 Å². The second-order valence-corrected chi connectivity index (χ2v) is 5.85. The average molecular weight is 288 g/mol. The molecule has 1 aliphatic rings. The van der Waals surface area contributed by atoms with Crippen molar-refractivity contribution in [2.75, 3.05) is 38.2 Å². The Kier molecular flexibility index (Phi) is 4.41. The minimum absolute atomic E-state index is 0.280. The van der Waals surface area contributed by atoms with Crippen LogP contribution in [0, 0.1) is 0 Å².